The van der Waals surface area contributed by atoms with Gasteiger partial charge in [-0.3, -0.25) is 37.3 Å². The molecule has 0 saturated heterocycles. The molecule has 17 nitrogen and oxygen atoms in total. The average Bonchev–Trinajstić information content (AvgIpc) is 1.22. The fraction of sp³-hybridized carbons (Fsp3) is 0.766. The lowest BCUT2D eigenvalue weighted by Crippen LogP contribution is -2.30. The van der Waals surface area contributed by atoms with Gasteiger partial charge in [0, 0.05) is 25.7 Å². The molecule has 19 heteroatoms. The molecule has 0 aromatic carbocycles. The number of esters is 4. The Kier molecular flexibility index (Phi) is 67.0. The zero-order chi connectivity index (χ0) is 70.4. The van der Waals surface area contributed by atoms with E-state index in [0.717, 1.165) is 186 Å². The Balaban J connectivity index is 5.31. The Hall–Kier alpha value is -3.76. The van der Waals surface area contributed by atoms with Gasteiger partial charge in [-0.05, 0) is 116 Å². The first-order chi connectivity index (χ1) is 46.7. The van der Waals surface area contributed by atoms with Gasteiger partial charge in [-0.25, -0.2) is 9.13 Å². The number of rotatable bonds is 71. The highest BCUT2D eigenvalue weighted by atomic mass is 31.2. The normalized spacial score (nSPS) is 14.4. The minimum atomic E-state index is -4.98. The number of phosphoric acid groups is 2. The first kappa shape index (κ1) is 92.2. The Bertz CT molecular complexity index is 2160. The van der Waals surface area contributed by atoms with Gasteiger partial charge in [0.15, 0.2) is 12.2 Å². The molecule has 0 saturated carbocycles. The third-order valence-electron chi connectivity index (χ3n) is 15.8. The van der Waals surface area contributed by atoms with Crippen LogP contribution in [0.1, 0.15) is 323 Å². The number of carbonyl (C=O) groups excluding carboxylic acids is 4. The number of aliphatic hydroxyl groups excluding tert-OH is 1. The summed E-state index contributed by atoms with van der Waals surface area (Å²) in [5, 5.41) is 10.6. The molecule has 0 bridgehead atoms. The van der Waals surface area contributed by atoms with Crippen LogP contribution in [0, 0.1) is 0 Å². The van der Waals surface area contributed by atoms with Crippen molar-refractivity contribution in [2.45, 2.75) is 341 Å². The van der Waals surface area contributed by atoms with E-state index in [9.17, 15) is 43.2 Å². The van der Waals surface area contributed by atoms with Crippen molar-refractivity contribution in [3.05, 3.63) is 85.1 Å². The zero-order valence-electron chi connectivity index (χ0n) is 60.5. The standard InChI is InChI=1S/C77H136O17P2/c1-5-9-13-17-21-25-29-32-33-34-35-36-37-40-43-46-50-54-58-62-75(80)88-68-73(94-77(82)64-60-56-52-48-44-39-31-27-23-19-15-11-7-3)70-92-96(85,86)90-66-71(78)65-89-95(83,84)91-69-72(93-76(81)63-59-55-51-47-41-28-24-20-16-12-8-4)67-87-74(79)61-57-53-49-45-42-38-30-26-22-18-14-10-6-2/h14-15,18-19,21,25-27,30-33,35-36,71-73,78H,5-13,16-17,20,22-24,28-29,34,37-70H2,1-4H3,(H,83,84)(H,85,86)/b18-14-,19-15-,25-21-,30-26-,31-27-,33-32-,36-35-. The SMILES string of the molecule is CCC/C=C\C/C=C\CCCCCCCC(=O)OCC(COP(=O)(O)OCC(O)COP(=O)(O)OCC(COC(=O)CCCCCCCC/C=C\C/C=C\C/C=C\CCCCC)OC(=O)CCCCCCC/C=C\C/C=C\CCC)OC(=O)CCCCCCCCCCCCC. The van der Waals surface area contributed by atoms with Gasteiger partial charge in [0.25, 0.3) is 0 Å². The van der Waals surface area contributed by atoms with Crippen molar-refractivity contribution in [1.82, 2.24) is 0 Å². The van der Waals surface area contributed by atoms with Crippen molar-refractivity contribution in [3.8, 4) is 0 Å². The van der Waals surface area contributed by atoms with E-state index in [1.165, 1.54) is 57.8 Å². The molecule has 5 unspecified atom stereocenters. The molecule has 5 atom stereocenters. The predicted octanol–water partition coefficient (Wildman–Crippen LogP) is 21.4. The molecule has 0 aliphatic rings. The summed E-state index contributed by atoms with van der Waals surface area (Å²) in [5.74, 6) is -2.20. The largest absolute Gasteiger partial charge is 0.472 e. The molecule has 0 aliphatic heterocycles. The number of hydrogen-bond acceptors (Lipinski definition) is 15. The van der Waals surface area contributed by atoms with Crippen LogP contribution in [0.15, 0.2) is 85.1 Å². The summed E-state index contributed by atoms with van der Waals surface area (Å²) in [6, 6.07) is 0. The van der Waals surface area contributed by atoms with Crippen molar-refractivity contribution in [2.75, 3.05) is 39.6 Å². The van der Waals surface area contributed by atoms with Crippen LogP contribution in [-0.4, -0.2) is 96.7 Å². The lowest BCUT2D eigenvalue weighted by atomic mass is 10.1. The van der Waals surface area contributed by atoms with Crippen LogP contribution >= 0.6 is 15.6 Å². The van der Waals surface area contributed by atoms with E-state index < -0.39 is 97.5 Å². The summed E-state index contributed by atoms with van der Waals surface area (Å²) in [5.41, 5.74) is 0. The summed E-state index contributed by atoms with van der Waals surface area (Å²) in [6.07, 6.45) is 70.1. The topological polar surface area (TPSA) is 237 Å². The fourth-order valence-electron chi connectivity index (χ4n) is 10.0. The van der Waals surface area contributed by atoms with Crippen LogP contribution in [-0.2, 0) is 65.4 Å². The van der Waals surface area contributed by atoms with Crippen molar-refractivity contribution < 1.29 is 80.2 Å². The summed E-state index contributed by atoms with van der Waals surface area (Å²) in [7, 11) is -9.94. The van der Waals surface area contributed by atoms with Crippen molar-refractivity contribution >= 4 is 39.5 Å². The molecule has 3 N–H and O–H groups in total. The molecule has 0 rings (SSSR count). The van der Waals surface area contributed by atoms with Gasteiger partial charge in [-0.2, -0.15) is 0 Å². The quantitative estimate of drug-likeness (QED) is 0.0169. The molecule has 0 amide bonds. The zero-order valence-corrected chi connectivity index (χ0v) is 62.3. The highest BCUT2D eigenvalue weighted by Gasteiger charge is 2.30. The van der Waals surface area contributed by atoms with Gasteiger partial charge in [0.1, 0.15) is 19.3 Å². The van der Waals surface area contributed by atoms with E-state index in [4.69, 9.17) is 37.0 Å². The van der Waals surface area contributed by atoms with Crippen LogP contribution in [0.4, 0.5) is 0 Å². The number of carbonyl (C=O) groups is 4. The van der Waals surface area contributed by atoms with Crippen LogP contribution in [0.25, 0.3) is 0 Å². The Morgan fingerprint density at radius 3 is 0.844 bits per heavy atom. The summed E-state index contributed by atoms with van der Waals surface area (Å²) >= 11 is 0. The van der Waals surface area contributed by atoms with Crippen LogP contribution in [0.2, 0.25) is 0 Å². The lowest BCUT2D eigenvalue weighted by Gasteiger charge is -2.21. The maximum absolute atomic E-state index is 13.1. The highest BCUT2D eigenvalue weighted by Crippen LogP contribution is 2.45. The van der Waals surface area contributed by atoms with Gasteiger partial charge in [0.2, 0.25) is 0 Å². The Morgan fingerprint density at radius 2 is 0.531 bits per heavy atom. The van der Waals surface area contributed by atoms with E-state index in [0.29, 0.717) is 25.7 Å². The number of phosphoric ester groups is 2. The van der Waals surface area contributed by atoms with Crippen molar-refractivity contribution in [3.63, 3.8) is 0 Å². The van der Waals surface area contributed by atoms with Crippen molar-refractivity contribution in [1.29, 1.82) is 0 Å². The Morgan fingerprint density at radius 1 is 0.292 bits per heavy atom. The molecule has 0 aromatic heterocycles. The molecular formula is C77H136O17P2. The number of ether oxygens (including phenoxy) is 4. The maximum atomic E-state index is 13.1. The first-order valence-corrected chi connectivity index (χ1v) is 40.8. The summed E-state index contributed by atoms with van der Waals surface area (Å²) < 4.78 is 68.4. The van der Waals surface area contributed by atoms with Gasteiger partial charge in [-0.15, -0.1) is 0 Å². The molecule has 0 spiro atoms. The molecular weight excluding hydrogens is 1260 g/mol. The third kappa shape index (κ3) is 68.8. The lowest BCUT2D eigenvalue weighted by molar-refractivity contribution is -0.161. The molecule has 96 heavy (non-hydrogen) atoms. The maximum Gasteiger partial charge on any atom is 0.472 e. The fourth-order valence-corrected chi connectivity index (χ4v) is 11.6. The van der Waals surface area contributed by atoms with Gasteiger partial charge in [-0.1, -0.05) is 267 Å². The summed E-state index contributed by atoms with van der Waals surface area (Å²) in [6.45, 7) is 4.68. The minimum absolute atomic E-state index is 0.0766. The second kappa shape index (κ2) is 69.7. The smallest absolute Gasteiger partial charge is 0.462 e. The number of aliphatic hydroxyl groups is 1. The first-order valence-electron chi connectivity index (χ1n) is 37.8. The third-order valence-corrected chi connectivity index (χ3v) is 17.7. The van der Waals surface area contributed by atoms with E-state index in [1.54, 1.807) is 0 Å². The monoisotopic (exact) mass is 1390 g/mol. The van der Waals surface area contributed by atoms with Crippen molar-refractivity contribution in [2.24, 2.45) is 0 Å². The second-order valence-corrected chi connectivity index (χ2v) is 28.1. The van der Waals surface area contributed by atoms with Crippen LogP contribution < -0.4 is 0 Å². The Labute approximate surface area is 583 Å². The highest BCUT2D eigenvalue weighted by molar-refractivity contribution is 7.47. The molecule has 0 fully saturated rings. The number of hydrogen-bond donors (Lipinski definition) is 3. The van der Waals surface area contributed by atoms with Crippen LogP contribution in [0.5, 0.6) is 0 Å². The molecule has 556 valence electrons. The number of unbranched alkanes of at least 4 members (excludes halogenated alkanes) is 31. The van der Waals surface area contributed by atoms with Gasteiger partial charge < -0.3 is 33.8 Å². The second-order valence-electron chi connectivity index (χ2n) is 25.2. The molecule has 0 heterocycles. The van der Waals surface area contributed by atoms with E-state index in [1.807, 2.05) is 0 Å². The van der Waals surface area contributed by atoms with E-state index in [-0.39, 0.29) is 25.7 Å². The van der Waals surface area contributed by atoms with E-state index in [2.05, 4.69) is 113 Å². The minimum Gasteiger partial charge on any atom is -0.462 e. The molecule has 0 aromatic rings. The van der Waals surface area contributed by atoms with E-state index >= 15 is 0 Å². The molecule has 0 radical (unpaired) electrons. The number of allylic oxidation sites excluding steroid dienone is 14. The average molecular weight is 1400 g/mol. The predicted molar refractivity (Wildman–Crippen MR) is 390 cm³/mol. The molecule has 0 aliphatic carbocycles. The van der Waals surface area contributed by atoms with Crippen LogP contribution in [0.3, 0.4) is 0 Å². The van der Waals surface area contributed by atoms with Gasteiger partial charge >= 0.3 is 39.5 Å². The summed E-state index contributed by atoms with van der Waals surface area (Å²) in [4.78, 5) is 72.7. The van der Waals surface area contributed by atoms with Gasteiger partial charge in [0.05, 0.1) is 26.4 Å².